The van der Waals surface area contributed by atoms with Gasteiger partial charge in [-0.2, -0.15) is 18.3 Å². The molecule has 4 aromatic rings. The van der Waals surface area contributed by atoms with Gasteiger partial charge in [-0.1, -0.05) is 23.4 Å². The van der Waals surface area contributed by atoms with Crippen molar-refractivity contribution in [1.29, 1.82) is 0 Å². The average Bonchev–Trinajstić information content (AvgIpc) is 3.57. The molecule has 0 aliphatic rings. The summed E-state index contributed by atoms with van der Waals surface area (Å²) in [5, 5.41) is 19.7. The molecule has 3 aromatic heterocycles. The Morgan fingerprint density at radius 2 is 1.88 bits per heavy atom. The Labute approximate surface area is 226 Å². The van der Waals surface area contributed by atoms with Gasteiger partial charge >= 0.3 is 6.18 Å². The summed E-state index contributed by atoms with van der Waals surface area (Å²) in [7, 11) is 0. The monoisotopic (exact) mass is 583 g/mol. The number of rotatable bonds is 8. The van der Waals surface area contributed by atoms with E-state index >= 15 is 0 Å². The molecule has 3 heterocycles. The van der Waals surface area contributed by atoms with Crippen molar-refractivity contribution in [2.24, 2.45) is 5.73 Å². The molecule has 1 amide bonds. The molecule has 210 valence electrons. The Morgan fingerprint density at radius 1 is 1.12 bits per heavy atom. The molecule has 0 bridgehead atoms. The molecule has 0 radical (unpaired) electrons. The average molecular weight is 584 g/mol. The molecule has 12 nitrogen and oxygen atoms in total. The van der Waals surface area contributed by atoms with Gasteiger partial charge in [0.1, 0.15) is 23.5 Å². The lowest BCUT2D eigenvalue weighted by Gasteiger charge is -2.29. The van der Waals surface area contributed by atoms with E-state index in [2.05, 4.69) is 32.4 Å². The quantitative estimate of drug-likeness (QED) is 0.117. The molecule has 0 spiro atoms. The van der Waals surface area contributed by atoms with E-state index in [0.29, 0.717) is 17.6 Å². The zero-order valence-corrected chi connectivity index (χ0v) is 20.7. The normalized spacial score (nSPS) is 12.9. The Balaban J connectivity index is 1.65. The molecule has 4 rings (SSSR count). The van der Waals surface area contributed by atoms with E-state index in [4.69, 9.17) is 10.3 Å². The predicted molar refractivity (Wildman–Crippen MR) is 132 cm³/mol. The summed E-state index contributed by atoms with van der Waals surface area (Å²) >= 11 is 4.40. The number of halogens is 5. The number of carbonyl (C=O) groups excluding carboxylic acids is 1. The second kappa shape index (κ2) is 11.2. The van der Waals surface area contributed by atoms with Crippen LogP contribution in [0.25, 0.3) is 22.9 Å². The number of amides is 1. The highest BCUT2D eigenvalue weighted by atomic mass is 32.1. The van der Waals surface area contributed by atoms with Gasteiger partial charge in [0.2, 0.25) is 0 Å². The number of carbonyl (C=O) groups is 1. The van der Waals surface area contributed by atoms with Crippen LogP contribution in [0.4, 0.5) is 27.8 Å². The molecular formula is C22H18F5N9O3S. The van der Waals surface area contributed by atoms with Crippen molar-refractivity contribution in [3.05, 3.63) is 66.1 Å². The number of benzene rings is 1. The van der Waals surface area contributed by atoms with E-state index in [1.165, 1.54) is 46.7 Å². The third-order valence-electron chi connectivity index (χ3n) is 5.39. The van der Waals surface area contributed by atoms with Crippen LogP contribution in [0.1, 0.15) is 5.56 Å². The maximum absolute atomic E-state index is 14.5. The number of hydrogen-bond acceptors (Lipinski definition) is 9. The highest BCUT2D eigenvalue weighted by Gasteiger charge is 2.59. The van der Waals surface area contributed by atoms with E-state index in [1.807, 2.05) is 5.32 Å². The molecule has 0 saturated carbocycles. The minimum Gasteiger partial charge on any atom is -0.375 e. The first kappa shape index (κ1) is 28.3. The van der Waals surface area contributed by atoms with Crippen molar-refractivity contribution in [2.75, 3.05) is 11.9 Å². The summed E-state index contributed by atoms with van der Waals surface area (Å²) in [6.07, 6.45) is -3.57. The summed E-state index contributed by atoms with van der Waals surface area (Å²) < 4.78 is 75.8. The van der Waals surface area contributed by atoms with E-state index in [0.717, 1.165) is 0 Å². The summed E-state index contributed by atoms with van der Waals surface area (Å²) in [6, 6.07) is 8.87. The molecule has 0 aliphatic carbocycles. The van der Waals surface area contributed by atoms with Crippen LogP contribution in [-0.2, 0) is 11.3 Å². The number of alkyl halides is 3. The number of nitrogens with two attached hydrogens (primary N) is 1. The van der Waals surface area contributed by atoms with Crippen LogP contribution in [0, 0.1) is 11.6 Å². The van der Waals surface area contributed by atoms with Crippen LogP contribution in [0.5, 0.6) is 0 Å². The van der Waals surface area contributed by atoms with Crippen molar-refractivity contribution in [2.45, 2.75) is 18.3 Å². The summed E-state index contributed by atoms with van der Waals surface area (Å²) in [4.78, 5) is 19.7. The molecule has 6 N–H and O–H groups in total. The Bertz CT molecular complexity index is 1530. The zero-order valence-electron chi connectivity index (χ0n) is 19.9. The smallest absolute Gasteiger partial charge is 0.375 e. The molecule has 1 atom stereocenters. The van der Waals surface area contributed by atoms with Gasteiger partial charge in [-0.3, -0.25) is 20.3 Å². The second-order valence-corrected chi connectivity index (χ2v) is 8.53. The fourth-order valence-electron chi connectivity index (χ4n) is 3.34. The van der Waals surface area contributed by atoms with Gasteiger partial charge in [-0.05, 0) is 24.4 Å². The molecule has 18 heteroatoms. The summed E-state index contributed by atoms with van der Waals surface area (Å²) in [5.74, 6) is -4.71. The number of hydrogen-bond donors (Lipinski definition) is 5. The lowest BCUT2D eigenvalue weighted by atomic mass is 10.0. The lowest BCUT2D eigenvalue weighted by molar-refractivity contribution is -0.247. The van der Waals surface area contributed by atoms with Crippen LogP contribution < -0.4 is 21.9 Å². The number of hydrazine groups is 1. The maximum Gasteiger partial charge on any atom is 0.428 e. The number of nitrogens with one attached hydrogen (secondary N) is 3. The van der Waals surface area contributed by atoms with Gasteiger partial charge in [-0.25, -0.2) is 18.7 Å². The Hall–Kier alpha value is -4.71. The fraction of sp³-hybridized carbons (Fsp3) is 0.182. The van der Waals surface area contributed by atoms with Crippen molar-refractivity contribution >= 4 is 29.1 Å². The van der Waals surface area contributed by atoms with E-state index in [1.54, 1.807) is 11.5 Å². The number of thiocarbonyl (C=S) groups is 1. The zero-order chi connectivity index (χ0) is 29.1. The topological polar surface area (TPSA) is 169 Å². The second-order valence-electron chi connectivity index (χ2n) is 8.09. The van der Waals surface area contributed by atoms with Crippen LogP contribution in [0.15, 0.2) is 53.4 Å². The van der Waals surface area contributed by atoms with E-state index in [9.17, 15) is 31.9 Å². The van der Waals surface area contributed by atoms with Crippen molar-refractivity contribution in [3.8, 4) is 22.9 Å². The first-order chi connectivity index (χ1) is 18.9. The first-order valence-corrected chi connectivity index (χ1v) is 11.4. The standard InChI is InChI=1S/C22H18F5N9O3S/c23-12-4-2-1-3-11(12)9-36-16(14-5-6-39-35-14)7-15(34-36)18-29-8-13(24)17(31-18)30-10-21(38,22(25,26)27)19(37)32-33-20(28)40/h1-8,38H,9-10H2,(H,32,37)(H3,28,33,40)(H,29,30,31). The SMILES string of the molecule is NC(=S)NNC(=O)C(O)(CNc1nc(-c2cc(-c3ccon3)n(Cc3ccccc3F)n2)ncc1F)C(F)(F)F. The molecule has 0 saturated heterocycles. The largest absolute Gasteiger partial charge is 0.428 e. The minimum absolute atomic E-state index is 0.0156. The molecule has 40 heavy (non-hydrogen) atoms. The molecule has 1 aromatic carbocycles. The van der Waals surface area contributed by atoms with Crippen molar-refractivity contribution in [1.82, 2.24) is 35.8 Å². The third kappa shape index (κ3) is 5.96. The molecule has 1 unspecified atom stereocenters. The molecule has 0 fully saturated rings. The highest BCUT2D eigenvalue weighted by molar-refractivity contribution is 7.80. The first-order valence-electron chi connectivity index (χ1n) is 11.0. The fourth-order valence-corrected chi connectivity index (χ4v) is 3.39. The van der Waals surface area contributed by atoms with Gasteiger partial charge in [0.15, 0.2) is 22.6 Å². The summed E-state index contributed by atoms with van der Waals surface area (Å²) in [5.41, 5.74) is 5.25. The van der Waals surface area contributed by atoms with Crippen LogP contribution in [0.2, 0.25) is 0 Å². The minimum atomic E-state index is -5.51. The Kier molecular flexibility index (Phi) is 7.91. The molecular weight excluding hydrogens is 565 g/mol. The number of aliphatic hydroxyl groups is 1. The third-order valence-corrected chi connectivity index (χ3v) is 5.49. The van der Waals surface area contributed by atoms with Crippen molar-refractivity contribution in [3.63, 3.8) is 0 Å². The summed E-state index contributed by atoms with van der Waals surface area (Å²) in [6.45, 7) is -1.62. The maximum atomic E-state index is 14.5. The lowest BCUT2D eigenvalue weighted by Crippen LogP contribution is -2.64. The van der Waals surface area contributed by atoms with E-state index in [-0.39, 0.29) is 23.6 Å². The van der Waals surface area contributed by atoms with Gasteiger partial charge in [0.05, 0.1) is 25.0 Å². The highest BCUT2D eigenvalue weighted by Crippen LogP contribution is 2.32. The van der Waals surface area contributed by atoms with Gasteiger partial charge in [-0.15, -0.1) is 0 Å². The molecule has 0 aliphatic heterocycles. The predicted octanol–water partition coefficient (Wildman–Crippen LogP) is 1.89. The van der Waals surface area contributed by atoms with Crippen LogP contribution in [-0.4, -0.2) is 59.4 Å². The van der Waals surface area contributed by atoms with Gasteiger partial charge < -0.3 is 20.7 Å². The number of anilines is 1. The van der Waals surface area contributed by atoms with Crippen LogP contribution >= 0.6 is 12.2 Å². The van der Waals surface area contributed by atoms with Gasteiger partial charge in [0, 0.05) is 11.6 Å². The number of nitrogens with zero attached hydrogens (tertiary/aromatic N) is 5. The Morgan fingerprint density at radius 3 is 2.52 bits per heavy atom. The number of aromatic nitrogens is 5. The van der Waals surface area contributed by atoms with Crippen LogP contribution in [0.3, 0.4) is 0 Å². The van der Waals surface area contributed by atoms with E-state index < -0.39 is 46.8 Å². The van der Waals surface area contributed by atoms with Crippen molar-refractivity contribution < 1.29 is 36.4 Å². The van der Waals surface area contributed by atoms with Gasteiger partial charge in [0.25, 0.3) is 11.5 Å².